The van der Waals surface area contributed by atoms with Crippen molar-refractivity contribution in [3.63, 3.8) is 0 Å². The summed E-state index contributed by atoms with van der Waals surface area (Å²) in [6, 6.07) is 5.01. The van der Waals surface area contributed by atoms with Crippen molar-refractivity contribution in [2.24, 2.45) is 0 Å². The van der Waals surface area contributed by atoms with Gasteiger partial charge in [-0.1, -0.05) is 6.07 Å². The molecule has 2 rings (SSSR count). The quantitative estimate of drug-likeness (QED) is 0.780. The maximum Gasteiger partial charge on any atom is 0.352 e. The molecule has 1 aliphatic rings. The first kappa shape index (κ1) is 12.0. The molecule has 94 valence electrons. The van der Waals surface area contributed by atoms with E-state index in [4.69, 9.17) is 14.6 Å². The Morgan fingerprint density at radius 2 is 2.06 bits per heavy atom. The van der Waals surface area contributed by atoms with Gasteiger partial charge in [-0.05, 0) is 23.8 Å². The van der Waals surface area contributed by atoms with Crippen molar-refractivity contribution in [1.82, 2.24) is 5.32 Å². The van der Waals surface area contributed by atoms with Gasteiger partial charge in [-0.3, -0.25) is 4.79 Å². The van der Waals surface area contributed by atoms with Gasteiger partial charge < -0.3 is 19.9 Å². The molecule has 1 amide bonds. The third-order valence-electron chi connectivity index (χ3n) is 2.25. The number of carbonyl (C=O) groups is 2. The normalized spacial score (nSPS) is 13.3. The molecule has 1 aromatic rings. The van der Waals surface area contributed by atoms with E-state index in [0.29, 0.717) is 17.1 Å². The summed E-state index contributed by atoms with van der Waals surface area (Å²) in [6.07, 6.45) is 1.35. The number of carbonyl (C=O) groups excluding carboxylic acids is 1. The number of carboxylic acid groups (broad SMARTS) is 1. The highest BCUT2D eigenvalue weighted by Gasteiger charge is 2.14. The minimum Gasteiger partial charge on any atom is -0.477 e. The highest BCUT2D eigenvalue weighted by atomic mass is 16.7. The monoisotopic (exact) mass is 249 g/mol. The van der Waals surface area contributed by atoms with Gasteiger partial charge in [0.15, 0.2) is 11.5 Å². The number of ether oxygens (including phenoxy) is 2. The van der Waals surface area contributed by atoms with E-state index in [1.54, 1.807) is 18.2 Å². The Balaban J connectivity index is 2.29. The van der Waals surface area contributed by atoms with E-state index in [9.17, 15) is 9.59 Å². The molecule has 1 aromatic carbocycles. The molecule has 0 atom stereocenters. The van der Waals surface area contributed by atoms with E-state index in [-0.39, 0.29) is 12.5 Å². The van der Waals surface area contributed by atoms with Gasteiger partial charge >= 0.3 is 5.97 Å². The van der Waals surface area contributed by atoms with Crippen LogP contribution in [-0.2, 0) is 9.59 Å². The number of benzene rings is 1. The molecule has 0 saturated heterocycles. The third-order valence-corrected chi connectivity index (χ3v) is 2.25. The number of hydrogen-bond donors (Lipinski definition) is 2. The highest BCUT2D eigenvalue weighted by molar-refractivity contribution is 5.96. The van der Waals surface area contributed by atoms with E-state index in [1.165, 1.54) is 13.0 Å². The first-order chi connectivity index (χ1) is 8.56. The summed E-state index contributed by atoms with van der Waals surface area (Å²) in [7, 11) is 0. The summed E-state index contributed by atoms with van der Waals surface area (Å²) in [6.45, 7) is 1.40. The maximum absolute atomic E-state index is 10.9. The highest BCUT2D eigenvalue weighted by Crippen LogP contribution is 2.32. The second-order valence-electron chi connectivity index (χ2n) is 3.66. The van der Waals surface area contributed by atoms with E-state index >= 15 is 0 Å². The molecule has 0 aromatic heterocycles. The molecule has 0 spiro atoms. The van der Waals surface area contributed by atoms with Crippen LogP contribution in [-0.4, -0.2) is 23.8 Å². The molecule has 2 N–H and O–H groups in total. The Morgan fingerprint density at radius 1 is 1.33 bits per heavy atom. The molecule has 0 saturated carbocycles. The zero-order valence-corrected chi connectivity index (χ0v) is 9.60. The molecule has 6 nitrogen and oxygen atoms in total. The number of amides is 1. The van der Waals surface area contributed by atoms with Crippen molar-refractivity contribution >= 4 is 18.0 Å². The number of fused-ring (bicyclic) bond motifs is 1. The number of nitrogens with one attached hydrogen (secondary N) is 1. The lowest BCUT2D eigenvalue weighted by molar-refractivity contribution is -0.134. The molecule has 1 heterocycles. The van der Waals surface area contributed by atoms with Crippen LogP contribution in [0, 0.1) is 0 Å². The standard InChI is InChI=1S/C12H11NO5/c1-7(14)13-9(12(15)16)4-8-2-3-10-11(5-8)18-6-17-10/h2-5H,6H2,1H3,(H,13,14)(H,15,16). The van der Waals surface area contributed by atoms with E-state index in [2.05, 4.69) is 5.32 Å². The third kappa shape index (κ3) is 2.60. The maximum atomic E-state index is 10.9. The smallest absolute Gasteiger partial charge is 0.352 e. The molecule has 0 radical (unpaired) electrons. The predicted molar refractivity (Wildman–Crippen MR) is 62.0 cm³/mol. The van der Waals surface area contributed by atoms with Crippen molar-refractivity contribution in [1.29, 1.82) is 0 Å². The Labute approximate surface area is 103 Å². The van der Waals surface area contributed by atoms with Crippen LogP contribution >= 0.6 is 0 Å². The summed E-state index contributed by atoms with van der Waals surface area (Å²) in [4.78, 5) is 21.8. The molecule has 0 bridgehead atoms. The first-order valence-corrected chi connectivity index (χ1v) is 5.18. The van der Waals surface area contributed by atoms with E-state index in [1.807, 2.05) is 0 Å². The van der Waals surface area contributed by atoms with Crippen molar-refractivity contribution < 1.29 is 24.2 Å². The van der Waals surface area contributed by atoms with Gasteiger partial charge in [-0.15, -0.1) is 0 Å². The zero-order chi connectivity index (χ0) is 13.1. The second kappa shape index (κ2) is 4.79. The zero-order valence-electron chi connectivity index (χ0n) is 9.60. The number of rotatable bonds is 3. The van der Waals surface area contributed by atoms with Gasteiger partial charge in [0.05, 0.1) is 0 Å². The Bertz CT molecular complexity index is 535. The molecule has 0 unspecified atom stereocenters. The molecular weight excluding hydrogens is 238 g/mol. The summed E-state index contributed by atoms with van der Waals surface area (Å²) in [5.41, 5.74) is 0.409. The fourth-order valence-corrected chi connectivity index (χ4v) is 1.51. The number of carboxylic acids is 1. The van der Waals surface area contributed by atoms with E-state index in [0.717, 1.165) is 0 Å². The van der Waals surface area contributed by atoms with E-state index < -0.39 is 11.9 Å². The minimum atomic E-state index is -1.21. The number of aliphatic carboxylic acids is 1. The van der Waals surface area contributed by atoms with Crippen LogP contribution in [0.15, 0.2) is 23.9 Å². The van der Waals surface area contributed by atoms with Gasteiger partial charge in [-0.25, -0.2) is 4.79 Å². The lowest BCUT2D eigenvalue weighted by atomic mass is 10.1. The molecule has 6 heteroatoms. The summed E-state index contributed by atoms with van der Waals surface area (Å²) in [5.74, 6) is -0.480. The molecule has 1 aliphatic heterocycles. The Hall–Kier alpha value is -2.50. The van der Waals surface area contributed by atoms with Gasteiger partial charge in [-0.2, -0.15) is 0 Å². The van der Waals surface area contributed by atoms with Gasteiger partial charge in [0.25, 0.3) is 0 Å². The lowest BCUT2D eigenvalue weighted by Crippen LogP contribution is -2.24. The van der Waals surface area contributed by atoms with Crippen LogP contribution in [0.3, 0.4) is 0 Å². The van der Waals surface area contributed by atoms with Crippen molar-refractivity contribution in [2.45, 2.75) is 6.92 Å². The average molecular weight is 249 g/mol. The molecular formula is C12H11NO5. The van der Waals surface area contributed by atoms with Gasteiger partial charge in [0, 0.05) is 6.92 Å². The number of hydrogen-bond acceptors (Lipinski definition) is 4. The largest absolute Gasteiger partial charge is 0.477 e. The average Bonchev–Trinajstić information content (AvgIpc) is 2.74. The first-order valence-electron chi connectivity index (χ1n) is 5.18. The van der Waals surface area contributed by atoms with Crippen LogP contribution < -0.4 is 14.8 Å². The van der Waals surface area contributed by atoms with Crippen LogP contribution in [0.25, 0.3) is 6.08 Å². The topological polar surface area (TPSA) is 84.9 Å². The minimum absolute atomic E-state index is 0.153. The Morgan fingerprint density at radius 3 is 2.72 bits per heavy atom. The van der Waals surface area contributed by atoms with Gasteiger partial charge in [0.1, 0.15) is 5.70 Å². The fraction of sp³-hybridized carbons (Fsp3) is 0.167. The summed E-state index contributed by atoms with van der Waals surface area (Å²) in [5, 5.41) is 11.2. The SMILES string of the molecule is CC(=O)NC(=Cc1ccc2c(c1)OCO2)C(=O)O. The fourth-order valence-electron chi connectivity index (χ4n) is 1.51. The van der Waals surface area contributed by atoms with Crippen LogP contribution in [0.5, 0.6) is 11.5 Å². The lowest BCUT2D eigenvalue weighted by Gasteiger charge is -2.03. The van der Waals surface area contributed by atoms with Gasteiger partial charge in [0.2, 0.25) is 12.7 Å². The molecule has 18 heavy (non-hydrogen) atoms. The Kier molecular flexibility index (Phi) is 3.18. The summed E-state index contributed by atoms with van der Waals surface area (Å²) < 4.78 is 10.3. The summed E-state index contributed by atoms with van der Waals surface area (Å²) >= 11 is 0. The molecule has 0 aliphatic carbocycles. The van der Waals surface area contributed by atoms with Crippen molar-refractivity contribution in [2.75, 3.05) is 6.79 Å². The van der Waals surface area contributed by atoms with Crippen molar-refractivity contribution in [3.8, 4) is 11.5 Å². The predicted octanol–water partition coefficient (Wildman–Crippen LogP) is 0.977. The van der Waals surface area contributed by atoms with Crippen LogP contribution in [0.1, 0.15) is 12.5 Å². The van der Waals surface area contributed by atoms with Crippen LogP contribution in [0.2, 0.25) is 0 Å². The molecule has 0 fully saturated rings. The van der Waals surface area contributed by atoms with Crippen molar-refractivity contribution in [3.05, 3.63) is 29.5 Å². The second-order valence-corrected chi connectivity index (χ2v) is 3.66. The van der Waals surface area contributed by atoms with Crippen LogP contribution in [0.4, 0.5) is 0 Å².